The minimum absolute atomic E-state index is 0.0495. The van der Waals surface area contributed by atoms with E-state index in [1.165, 1.54) is 18.3 Å². The maximum atomic E-state index is 13.5. The van der Waals surface area contributed by atoms with Crippen molar-refractivity contribution in [2.75, 3.05) is 5.32 Å². The Kier molecular flexibility index (Phi) is 5.43. The Morgan fingerprint density at radius 2 is 1.79 bits per heavy atom. The Labute approximate surface area is 198 Å². The van der Waals surface area contributed by atoms with Crippen LogP contribution in [0.15, 0.2) is 72.9 Å². The second-order valence-electron chi connectivity index (χ2n) is 7.67. The van der Waals surface area contributed by atoms with Crippen LogP contribution in [0.2, 0.25) is 5.15 Å². The summed E-state index contributed by atoms with van der Waals surface area (Å²) in [6, 6.07) is 18.3. The molecule has 0 aliphatic rings. The standard InChI is InChI=1S/C25H17ClFN5O2/c26-24-19(2-1-11-29-24)25(34)30-16-7-3-14-4-10-18-21(13-22(28)33)31-32(23(18)20(14)12-16)17-8-5-15(27)6-9-17/h1-12H,13H2,(H2,28,33)(H,30,34). The van der Waals surface area contributed by atoms with Gasteiger partial charge in [0.05, 0.1) is 28.9 Å². The van der Waals surface area contributed by atoms with Gasteiger partial charge in [-0.2, -0.15) is 5.10 Å². The van der Waals surface area contributed by atoms with Gasteiger partial charge in [0.25, 0.3) is 5.91 Å². The second kappa shape index (κ2) is 8.57. The van der Waals surface area contributed by atoms with Gasteiger partial charge in [-0.05, 0) is 53.9 Å². The maximum Gasteiger partial charge on any atom is 0.258 e. The molecule has 3 aromatic carbocycles. The molecule has 0 bridgehead atoms. The first kappa shape index (κ1) is 21.5. The molecule has 0 radical (unpaired) electrons. The third-order valence-corrected chi connectivity index (χ3v) is 5.71. The lowest BCUT2D eigenvalue weighted by molar-refractivity contribution is -0.117. The van der Waals surface area contributed by atoms with Crippen LogP contribution in [-0.2, 0) is 11.2 Å². The van der Waals surface area contributed by atoms with E-state index >= 15 is 0 Å². The Morgan fingerprint density at radius 3 is 2.53 bits per heavy atom. The zero-order chi connectivity index (χ0) is 23.8. The molecule has 5 rings (SSSR count). The third kappa shape index (κ3) is 3.95. The summed E-state index contributed by atoms with van der Waals surface area (Å²) in [6.45, 7) is 0. The molecule has 0 saturated carbocycles. The Bertz CT molecular complexity index is 1580. The van der Waals surface area contributed by atoms with E-state index in [1.54, 1.807) is 35.0 Å². The van der Waals surface area contributed by atoms with Crippen molar-refractivity contribution in [3.8, 4) is 5.69 Å². The number of nitrogens with zero attached hydrogens (tertiary/aromatic N) is 3. The highest BCUT2D eigenvalue weighted by atomic mass is 35.5. The summed E-state index contributed by atoms with van der Waals surface area (Å²) in [4.78, 5) is 28.3. The predicted octanol–water partition coefficient (Wildman–Crippen LogP) is 4.65. The van der Waals surface area contributed by atoms with Gasteiger partial charge in [-0.25, -0.2) is 14.1 Å². The minimum atomic E-state index is -0.514. The van der Waals surface area contributed by atoms with Gasteiger partial charge in [-0.1, -0.05) is 29.8 Å². The van der Waals surface area contributed by atoms with E-state index in [0.29, 0.717) is 22.6 Å². The molecular weight excluding hydrogens is 457 g/mol. The summed E-state index contributed by atoms with van der Waals surface area (Å²) in [5.41, 5.74) is 8.06. The van der Waals surface area contributed by atoms with Gasteiger partial charge in [0, 0.05) is 22.7 Å². The van der Waals surface area contributed by atoms with E-state index in [4.69, 9.17) is 17.3 Å². The number of anilines is 1. The van der Waals surface area contributed by atoms with E-state index in [1.807, 2.05) is 24.3 Å². The van der Waals surface area contributed by atoms with Crippen molar-refractivity contribution in [1.82, 2.24) is 14.8 Å². The first-order chi connectivity index (χ1) is 16.4. The molecule has 5 aromatic rings. The van der Waals surface area contributed by atoms with E-state index in [-0.39, 0.29) is 23.0 Å². The summed E-state index contributed by atoms with van der Waals surface area (Å²) < 4.78 is 15.2. The smallest absolute Gasteiger partial charge is 0.258 e. The number of benzene rings is 3. The van der Waals surface area contributed by atoms with Gasteiger partial charge in [0.1, 0.15) is 11.0 Å². The lowest BCUT2D eigenvalue weighted by Crippen LogP contribution is -2.14. The first-order valence-corrected chi connectivity index (χ1v) is 10.7. The van der Waals surface area contributed by atoms with Crippen molar-refractivity contribution in [2.24, 2.45) is 5.73 Å². The molecule has 0 atom stereocenters. The molecule has 7 nitrogen and oxygen atoms in total. The number of carbonyl (C=O) groups excluding carboxylic acids is 2. The van der Waals surface area contributed by atoms with Crippen LogP contribution in [0.25, 0.3) is 27.4 Å². The monoisotopic (exact) mass is 473 g/mol. The Hall–Kier alpha value is -4.30. The maximum absolute atomic E-state index is 13.5. The number of aromatic nitrogens is 3. The summed E-state index contributed by atoms with van der Waals surface area (Å²) in [5.74, 6) is -1.28. The number of hydrogen-bond acceptors (Lipinski definition) is 4. The van der Waals surface area contributed by atoms with Crippen LogP contribution in [0.3, 0.4) is 0 Å². The fourth-order valence-electron chi connectivity index (χ4n) is 3.89. The molecule has 2 heterocycles. The molecule has 0 aliphatic heterocycles. The van der Waals surface area contributed by atoms with Gasteiger partial charge in [0.2, 0.25) is 5.91 Å². The number of halogens is 2. The molecule has 2 aromatic heterocycles. The van der Waals surface area contributed by atoms with E-state index in [9.17, 15) is 14.0 Å². The predicted molar refractivity (Wildman–Crippen MR) is 129 cm³/mol. The first-order valence-electron chi connectivity index (χ1n) is 10.3. The molecule has 168 valence electrons. The zero-order valence-electron chi connectivity index (χ0n) is 17.6. The third-order valence-electron chi connectivity index (χ3n) is 5.41. The highest BCUT2D eigenvalue weighted by Gasteiger charge is 2.18. The average molecular weight is 474 g/mol. The highest BCUT2D eigenvalue weighted by Crippen LogP contribution is 2.32. The Balaban J connectivity index is 1.68. The van der Waals surface area contributed by atoms with Crippen LogP contribution < -0.4 is 11.1 Å². The van der Waals surface area contributed by atoms with Crippen molar-refractivity contribution in [1.29, 1.82) is 0 Å². The van der Waals surface area contributed by atoms with Gasteiger partial charge >= 0.3 is 0 Å². The summed E-state index contributed by atoms with van der Waals surface area (Å²) >= 11 is 6.05. The van der Waals surface area contributed by atoms with Crippen molar-refractivity contribution in [3.63, 3.8) is 0 Å². The Morgan fingerprint density at radius 1 is 1.03 bits per heavy atom. The normalized spacial score (nSPS) is 11.1. The zero-order valence-corrected chi connectivity index (χ0v) is 18.4. The molecule has 0 unspecified atom stereocenters. The average Bonchev–Trinajstić information content (AvgIpc) is 3.18. The number of amides is 2. The number of hydrogen-bond donors (Lipinski definition) is 2. The van der Waals surface area contributed by atoms with Gasteiger partial charge < -0.3 is 11.1 Å². The van der Waals surface area contributed by atoms with Crippen molar-refractivity contribution >= 4 is 50.8 Å². The van der Waals surface area contributed by atoms with E-state index in [2.05, 4.69) is 15.4 Å². The lowest BCUT2D eigenvalue weighted by Gasteiger charge is -2.10. The van der Waals surface area contributed by atoms with Gasteiger partial charge in [-0.15, -0.1) is 0 Å². The van der Waals surface area contributed by atoms with E-state index < -0.39 is 11.8 Å². The fraction of sp³-hybridized carbons (Fsp3) is 0.0400. The van der Waals surface area contributed by atoms with Crippen LogP contribution >= 0.6 is 11.6 Å². The van der Waals surface area contributed by atoms with Crippen LogP contribution in [-0.4, -0.2) is 26.6 Å². The van der Waals surface area contributed by atoms with Crippen LogP contribution in [0, 0.1) is 5.82 Å². The number of carbonyl (C=O) groups is 2. The molecule has 3 N–H and O–H groups in total. The molecule has 2 amide bonds. The number of fused-ring (bicyclic) bond motifs is 3. The van der Waals surface area contributed by atoms with E-state index in [0.717, 1.165) is 16.2 Å². The number of nitrogens with one attached hydrogen (secondary N) is 1. The highest BCUT2D eigenvalue weighted by molar-refractivity contribution is 6.33. The largest absolute Gasteiger partial charge is 0.369 e. The number of pyridine rings is 1. The number of nitrogens with two attached hydrogens (primary N) is 1. The molecule has 34 heavy (non-hydrogen) atoms. The molecule has 0 saturated heterocycles. The topological polar surface area (TPSA) is 103 Å². The summed E-state index contributed by atoms with van der Waals surface area (Å²) in [7, 11) is 0. The molecule has 0 spiro atoms. The van der Waals surface area contributed by atoms with Crippen LogP contribution in [0.5, 0.6) is 0 Å². The summed E-state index contributed by atoms with van der Waals surface area (Å²) in [5, 5.41) is 9.96. The van der Waals surface area contributed by atoms with Crippen molar-refractivity contribution in [3.05, 3.63) is 95.2 Å². The fourth-order valence-corrected chi connectivity index (χ4v) is 4.09. The SMILES string of the molecule is NC(=O)Cc1nn(-c2ccc(F)cc2)c2c1ccc1ccc(NC(=O)c3cccnc3Cl)cc12. The molecular formula is C25H17ClFN5O2. The number of primary amides is 1. The summed E-state index contributed by atoms with van der Waals surface area (Å²) in [6.07, 6.45) is 1.46. The molecule has 9 heteroatoms. The minimum Gasteiger partial charge on any atom is -0.369 e. The molecule has 0 fully saturated rings. The second-order valence-corrected chi connectivity index (χ2v) is 8.03. The van der Waals surface area contributed by atoms with Crippen LogP contribution in [0.1, 0.15) is 16.1 Å². The van der Waals surface area contributed by atoms with Gasteiger partial charge in [-0.3, -0.25) is 9.59 Å². The van der Waals surface area contributed by atoms with Gasteiger partial charge in [0.15, 0.2) is 0 Å². The lowest BCUT2D eigenvalue weighted by atomic mass is 10.0. The number of rotatable bonds is 5. The quantitative estimate of drug-likeness (QED) is 0.363. The van der Waals surface area contributed by atoms with Crippen LogP contribution in [0.4, 0.5) is 10.1 Å². The van der Waals surface area contributed by atoms with Crippen molar-refractivity contribution in [2.45, 2.75) is 6.42 Å². The molecule has 0 aliphatic carbocycles. The van der Waals surface area contributed by atoms with Crippen molar-refractivity contribution < 1.29 is 14.0 Å².